The smallest absolute Gasteiger partial charge is 0.161 e. The molecular weight excluding hydrogens is 493 g/mol. The maximum atomic E-state index is 13.7. The van der Waals surface area contributed by atoms with Crippen LogP contribution in [0.4, 0.5) is 10.1 Å². The number of carbonyl (C=O) groups is 1. The van der Waals surface area contributed by atoms with E-state index < -0.39 is 5.92 Å². The lowest BCUT2D eigenvalue weighted by Crippen LogP contribution is -2.39. The predicted octanol–water partition coefficient (Wildman–Crippen LogP) is 7.18. The molecule has 0 aromatic heterocycles. The van der Waals surface area contributed by atoms with Crippen LogP contribution < -0.4 is 10.6 Å². The molecule has 3 aromatic rings. The first-order valence-corrected chi connectivity index (χ1v) is 14.0. The maximum Gasteiger partial charge on any atom is 0.161 e. The van der Waals surface area contributed by atoms with Crippen molar-refractivity contribution in [2.75, 3.05) is 4.90 Å². The maximum absolute atomic E-state index is 13.7. The van der Waals surface area contributed by atoms with Crippen LogP contribution in [0, 0.1) is 31.0 Å². The van der Waals surface area contributed by atoms with E-state index in [1.165, 1.54) is 23.3 Å². The molecule has 0 amide bonds. The number of carbonyl (C=O) groups excluding carboxylic acids is 1. The van der Waals surface area contributed by atoms with E-state index in [-0.39, 0.29) is 11.6 Å². The first-order valence-electron chi connectivity index (χ1n) is 12.8. The molecule has 1 unspecified atom stereocenters. The molecule has 4 nitrogen and oxygen atoms in total. The topological polar surface area (TPSA) is 70.1 Å². The van der Waals surface area contributed by atoms with E-state index in [2.05, 4.69) is 56.3 Å². The number of hydrogen-bond donors (Lipinski definition) is 1. The summed E-state index contributed by atoms with van der Waals surface area (Å²) in [6.45, 7) is 4.14. The minimum Gasteiger partial charge on any atom is -0.384 e. The lowest BCUT2D eigenvalue weighted by Gasteiger charge is -2.40. The van der Waals surface area contributed by atoms with Gasteiger partial charge in [-0.05, 0) is 73.2 Å². The molecule has 2 N–H and O–H groups in total. The van der Waals surface area contributed by atoms with E-state index in [0.717, 1.165) is 33.9 Å². The normalized spacial score (nSPS) is 17.5. The van der Waals surface area contributed by atoms with Gasteiger partial charge >= 0.3 is 0 Å². The number of thioether (sulfide) groups is 1. The summed E-state index contributed by atoms with van der Waals surface area (Å²) in [5.74, 6) is 1.21. The van der Waals surface area contributed by atoms with E-state index in [0.29, 0.717) is 41.9 Å². The fourth-order valence-electron chi connectivity index (χ4n) is 5.55. The Morgan fingerprint density at radius 3 is 2.50 bits per heavy atom. The van der Waals surface area contributed by atoms with E-state index in [4.69, 9.17) is 5.73 Å². The summed E-state index contributed by atoms with van der Waals surface area (Å²) in [7, 11) is 0. The molecule has 0 saturated heterocycles. The van der Waals surface area contributed by atoms with E-state index in [1.54, 1.807) is 17.0 Å². The zero-order chi connectivity index (χ0) is 26.8. The van der Waals surface area contributed by atoms with Crippen molar-refractivity contribution in [1.29, 1.82) is 5.26 Å². The number of hydrogen-bond acceptors (Lipinski definition) is 5. The van der Waals surface area contributed by atoms with Gasteiger partial charge < -0.3 is 5.73 Å². The second-order valence-electron chi connectivity index (χ2n) is 9.91. The second-order valence-corrected chi connectivity index (χ2v) is 10.9. The molecule has 192 valence electrons. The molecule has 0 bridgehead atoms. The van der Waals surface area contributed by atoms with Crippen molar-refractivity contribution in [3.63, 3.8) is 0 Å². The molecule has 6 heteroatoms. The minimum absolute atomic E-state index is 0.0459. The summed E-state index contributed by atoms with van der Waals surface area (Å²) in [5, 5.41) is 10.4. The fraction of sp³-hybridized carbons (Fsp3) is 0.250. The summed E-state index contributed by atoms with van der Waals surface area (Å²) in [6.07, 6.45) is 1.82. The van der Waals surface area contributed by atoms with Crippen molar-refractivity contribution >= 4 is 23.2 Å². The number of nitrogens with zero attached hydrogens (tertiary/aromatic N) is 2. The Balaban J connectivity index is 1.59. The van der Waals surface area contributed by atoms with Crippen molar-refractivity contribution < 1.29 is 9.18 Å². The van der Waals surface area contributed by atoms with Crippen molar-refractivity contribution in [2.45, 2.75) is 50.5 Å². The van der Waals surface area contributed by atoms with Gasteiger partial charge in [0.25, 0.3) is 0 Å². The number of rotatable bonds is 6. The molecule has 3 aromatic carbocycles. The average molecular weight is 524 g/mol. The molecule has 38 heavy (non-hydrogen) atoms. The van der Waals surface area contributed by atoms with Crippen LogP contribution in [0.3, 0.4) is 0 Å². The number of Topliss-reactive ketones (excluding diaryl/α,β-unsaturated/α-hetero) is 1. The third-order valence-electron chi connectivity index (χ3n) is 7.38. The van der Waals surface area contributed by atoms with Gasteiger partial charge in [0.1, 0.15) is 11.6 Å². The number of halogens is 1. The summed E-state index contributed by atoms with van der Waals surface area (Å²) in [4.78, 5) is 15.3. The molecule has 0 spiro atoms. The summed E-state index contributed by atoms with van der Waals surface area (Å²) in [6, 6.07) is 23.0. The molecule has 1 aliphatic carbocycles. The zero-order valence-corrected chi connectivity index (χ0v) is 22.4. The van der Waals surface area contributed by atoms with Crippen LogP contribution in [0.5, 0.6) is 0 Å². The highest BCUT2D eigenvalue weighted by atomic mass is 32.2. The van der Waals surface area contributed by atoms with Gasteiger partial charge in [-0.3, -0.25) is 9.69 Å². The number of anilines is 1. The monoisotopic (exact) mass is 523 g/mol. The number of nitriles is 1. The lowest BCUT2D eigenvalue weighted by molar-refractivity contribution is -0.116. The van der Waals surface area contributed by atoms with Crippen molar-refractivity contribution in [3.05, 3.63) is 123 Å². The third kappa shape index (κ3) is 4.87. The molecule has 0 saturated carbocycles. The molecule has 0 fully saturated rings. The summed E-state index contributed by atoms with van der Waals surface area (Å²) >= 11 is 1.85. The average Bonchev–Trinajstić information content (AvgIpc) is 2.91. The van der Waals surface area contributed by atoms with E-state index in [1.807, 2.05) is 17.8 Å². The predicted molar refractivity (Wildman–Crippen MR) is 152 cm³/mol. The zero-order valence-electron chi connectivity index (χ0n) is 21.6. The van der Waals surface area contributed by atoms with Crippen molar-refractivity contribution in [3.8, 4) is 6.07 Å². The van der Waals surface area contributed by atoms with Gasteiger partial charge in [0.15, 0.2) is 5.78 Å². The Kier molecular flexibility index (Phi) is 7.40. The lowest BCUT2D eigenvalue weighted by atomic mass is 9.73. The van der Waals surface area contributed by atoms with Gasteiger partial charge in [0.2, 0.25) is 0 Å². The van der Waals surface area contributed by atoms with E-state index in [9.17, 15) is 14.4 Å². The van der Waals surface area contributed by atoms with E-state index >= 15 is 0 Å². The molecule has 1 aliphatic heterocycles. The van der Waals surface area contributed by atoms with Gasteiger partial charge in [-0.2, -0.15) is 17.0 Å². The highest BCUT2D eigenvalue weighted by Gasteiger charge is 2.41. The fourth-order valence-corrected chi connectivity index (χ4v) is 6.60. The molecule has 1 atom stereocenters. The standard InChI is InChI=1S/C32H30FN3OS/c1-20-15-23(19-38-18-22-7-4-3-5-8-22)21(2)26(16-20)30-27(17-34)32(35)36(25-13-11-24(33)12-14-25)28-9-6-10-29(37)31(28)30/h3-5,7-8,11-16,30H,6,9-10,18-19,35H2,1-2H3. The van der Waals surface area contributed by atoms with Crippen LogP contribution in [0.2, 0.25) is 0 Å². The van der Waals surface area contributed by atoms with Gasteiger partial charge in [0.05, 0.1) is 17.6 Å². The first-order chi connectivity index (χ1) is 18.4. The number of aryl methyl sites for hydroxylation is 1. The van der Waals surface area contributed by atoms with Gasteiger partial charge in [-0.15, -0.1) is 0 Å². The number of allylic oxidation sites excluding steroid dienone is 3. The van der Waals surface area contributed by atoms with Gasteiger partial charge in [0, 0.05) is 34.9 Å². The first kappa shape index (κ1) is 25.8. The molecule has 1 heterocycles. The summed E-state index contributed by atoms with van der Waals surface area (Å²) in [5.41, 5.74) is 14.8. The second kappa shape index (κ2) is 10.9. The summed E-state index contributed by atoms with van der Waals surface area (Å²) < 4.78 is 13.7. The molecule has 5 rings (SSSR count). The highest BCUT2D eigenvalue weighted by molar-refractivity contribution is 7.97. The molecule has 0 radical (unpaired) electrons. The van der Waals surface area contributed by atoms with Crippen molar-refractivity contribution in [1.82, 2.24) is 0 Å². The Bertz CT molecular complexity index is 1490. The Morgan fingerprint density at radius 1 is 1.05 bits per heavy atom. The van der Waals surface area contributed by atoms with Crippen LogP contribution in [-0.2, 0) is 16.3 Å². The van der Waals surface area contributed by atoms with Crippen LogP contribution >= 0.6 is 11.8 Å². The van der Waals surface area contributed by atoms with Gasteiger partial charge in [-0.25, -0.2) is 4.39 Å². The quantitative estimate of drug-likeness (QED) is 0.371. The largest absolute Gasteiger partial charge is 0.384 e. The number of ketones is 1. The van der Waals surface area contributed by atoms with Crippen LogP contribution in [0.15, 0.2) is 89.4 Å². The Hall–Kier alpha value is -3.82. The van der Waals surface area contributed by atoms with Crippen molar-refractivity contribution in [2.24, 2.45) is 5.73 Å². The van der Waals surface area contributed by atoms with Crippen LogP contribution in [-0.4, -0.2) is 5.78 Å². The van der Waals surface area contributed by atoms with Crippen LogP contribution in [0.1, 0.15) is 53.0 Å². The Morgan fingerprint density at radius 2 is 1.79 bits per heavy atom. The number of nitrogens with two attached hydrogens (primary N) is 1. The highest BCUT2D eigenvalue weighted by Crippen LogP contribution is 2.47. The number of benzene rings is 3. The SMILES string of the molecule is Cc1cc(CSCc2ccccc2)c(C)c(C2C(C#N)=C(N)N(c3ccc(F)cc3)C3=C2C(=O)CCC3)c1. The Labute approximate surface area is 227 Å². The third-order valence-corrected chi connectivity index (χ3v) is 8.43. The minimum atomic E-state index is -0.516. The molecular formula is C32H30FN3OS. The van der Waals surface area contributed by atoms with Gasteiger partial charge in [-0.1, -0.05) is 48.0 Å². The molecule has 2 aliphatic rings. The van der Waals surface area contributed by atoms with Crippen LogP contribution in [0.25, 0.3) is 0 Å².